The highest BCUT2D eigenvalue weighted by Crippen LogP contribution is 2.35. The molecule has 2 saturated heterocycles. The smallest absolute Gasteiger partial charge is 0.252 e. The number of piperidine rings is 1. The third-order valence-corrected chi connectivity index (χ3v) is 10.9. The summed E-state index contributed by atoms with van der Waals surface area (Å²) in [5.41, 5.74) is 0.0204. The Morgan fingerprint density at radius 3 is 2.63 bits per heavy atom. The summed E-state index contributed by atoms with van der Waals surface area (Å²) < 4.78 is 61.8. The van der Waals surface area contributed by atoms with Gasteiger partial charge in [-0.15, -0.1) is 11.3 Å². The molecule has 1 atom stereocenters. The highest BCUT2D eigenvalue weighted by molar-refractivity contribution is 7.91. The lowest BCUT2D eigenvalue weighted by Crippen LogP contribution is -2.46. The number of amides is 1. The number of carbonyl (C=O) groups excluding carboxylic acids is 1. The number of hydrogen-bond acceptors (Lipinski definition) is 7. The van der Waals surface area contributed by atoms with Crippen molar-refractivity contribution in [3.8, 4) is 0 Å². The molecule has 188 valence electrons. The maximum absolute atomic E-state index is 14.3. The van der Waals surface area contributed by atoms with Gasteiger partial charge in [-0.25, -0.2) is 22.2 Å². The van der Waals surface area contributed by atoms with Gasteiger partial charge in [-0.05, 0) is 43.9 Å². The summed E-state index contributed by atoms with van der Waals surface area (Å²) >= 11 is 7.96. The lowest BCUT2D eigenvalue weighted by Gasteiger charge is -2.33. The molecule has 2 aliphatic heterocycles. The topological polar surface area (TPSA) is 79.8 Å². The van der Waals surface area contributed by atoms with Gasteiger partial charge in [0.2, 0.25) is 5.91 Å². The Morgan fingerprint density at radius 2 is 1.97 bits per heavy atom. The summed E-state index contributed by atoms with van der Waals surface area (Å²) in [6.07, 6.45) is 2.18. The van der Waals surface area contributed by atoms with E-state index in [2.05, 4.69) is 4.98 Å². The molecule has 3 aromatic rings. The van der Waals surface area contributed by atoms with Gasteiger partial charge in [0.1, 0.15) is 15.5 Å². The van der Waals surface area contributed by atoms with Crippen LogP contribution in [0.3, 0.4) is 0 Å². The van der Waals surface area contributed by atoms with Gasteiger partial charge in [-0.3, -0.25) is 9.69 Å². The Labute approximate surface area is 214 Å². The third kappa shape index (κ3) is 5.09. The van der Waals surface area contributed by atoms with Gasteiger partial charge in [-0.1, -0.05) is 22.9 Å². The zero-order chi connectivity index (χ0) is 24.7. The fraction of sp³-hybridized carbons (Fsp3) is 0.455. The maximum Gasteiger partial charge on any atom is 0.252 e. The van der Waals surface area contributed by atoms with Crippen molar-refractivity contribution in [3.63, 3.8) is 0 Å². The monoisotopic (exact) mass is 561 g/mol. The number of anilines is 1. The molecule has 35 heavy (non-hydrogen) atoms. The molecule has 0 bridgehead atoms. The van der Waals surface area contributed by atoms with Crippen LogP contribution in [0.1, 0.15) is 25.7 Å². The SMILES string of the molecule is O=C(C1CCN(S(=O)(=O)c2ccc(Cl)s2)CC1)N(CC1CCCO1)c1nc2c(F)cc(F)cc2s1. The Balaban J connectivity index is 1.36. The van der Waals surface area contributed by atoms with E-state index >= 15 is 0 Å². The van der Waals surface area contributed by atoms with Gasteiger partial charge in [-0.2, -0.15) is 4.31 Å². The zero-order valence-electron chi connectivity index (χ0n) is 18.5. The number of hydrogen-bond donors (Lipinski definition) is 0. The molecule has 13 heteroatoms. The average molecular weight is 562 g/mol. The van der Waals surface area contributed by atoms with Crippen molar-refractivity contribution in [1.82, 2.24) is 9.29 Å². The number of aromatic nitrogens is 1. The van der Waals surface area contributed by atoms with Crippen molar-refractivity contribution in [2.75, 3.05) is 31.1 Å². The van der Waals surface area contributed by atoms with Crippen LogP contribution >= 0.6 is 34.3 Å². The summed E-state index contributed by atoms with van der Waals surface area (Å²) in [6.45, 7) is 1.26. The molecule has 0 radical (unpaired) electrons. The molecule has 2 aromatic heterocycles. The van der Waals surface area contributed by atoms with Crippen molar-refractivity contribution in [1.29, 1.82) is 0 Å². The number of ether oxygens (including phenoxy) is 1. The van der Waals surface area contributed by atoms with E-state index in [4.69, 9.17) is 16.3 Å². The molecule has 1 amide bonds. The zero-order valence-corrected chi connectivity index (χ0v) is 21.7. The van der Waals surface area contributed by atoms with E-state index < -0.39 is 27.6 Å². The molecule has 5 rings (SSSR count). The van der Waals surface area contributed by atoms with E-state index in [0.29, 0.717) is 28.5 Å². The first-order chi connectivity index (χ1) is 16.7. The van der Waals surface area contributed by atoms with Crippen molar-refractivity contribution < 1.29 is 26.7 Å². The normalized spacial score (nSPS) is 20.0. The molecular formula is C22H22ClF2N3O4S3. The first kappa shape index (κ1) is 25.0. The molecule has 1 unspecified atom stereocenters. The van der Waals surface area contributed by atoms with Crippen molar-refractivity contribution >= 4 is 65.6 Å². The van der Waals surface area contributed by atoms with Crippen molar-refractivity contribution in [2.24, 2.45) is 5.92 Å². The summed E-state index contributed by atoms with van der Waals surface area (Å²) in [4.78, 5) is 19.5. The van der Waals surface area contributed by atoms with Crippen LogP contribution in [0.15, 0.2) is 28.5 Å². The minimum Gasteiger partial charge on any atom is -0.376 e. The average Bonchev–Trinajstić information content (AvgIpc) is 3.58. The number of thiazole rings is 1. The molecule has 4 heterocycles. The van der Waals surface area contributed by atoms with E-state index in [0.717, 1.165) is 41.6 Å². The molecule has 0 aliphatic carbocycles. The molecule has 2 fully saturated rings. The number of rotatable bonds is 6. The van der Waals surface area contributed by atoms with Crippen LogP contribution in [0.5, 0.6) is 0 Å². The van der Waals surface area contributed by atoms with Crippen molar-refractivity contribution in [3.05, 3.63) is 40.2 Å². The van der Waals surface area contributed by atoms with Gasteiger partial charge in [0.25, 0.3) is 10.0 Å². The maximum atomic E-state index is 14.3. The van der Waals surface area contributed by atoms with Crippen LogP contribution in [0, 0.1) is 17.6 Å². The van der Waals surface area contributed by atoms with E-state index in [9.17, 15) is 22.0 Å². The molecular weight excluding hydrogens is 540 g/mol. The van der Waals surface area contributed by atoms with E-state index in [1.807, 2.05) is 0 Å². The summed E-state index contributed by atoms with van der Waals surface area (Å²) in [6, 6.07) is 5.01. The van der Waals surface area contributed by atoms with Crippen LogP contribution < -0.4 is 4.90 Å². The van der Waals surface area contributed by atoms with Crippen LogP contribution in [-0.2, 0) is 19.6 Å². The second kappa shape index (κ2) is 9.98. The number of halogens is 3. The summed E-state index contributed by atoms with van der Waals surface area (Å²) in [5, 5.41) is 0.285. The first-order valence-corrected chi connectivity index (χ1v) is 14.6. The van der Waals surface area contributed by atoms with Crippen LogP contribution in [0.25, 0.3) is 10.2 Å². The quantitative estimate of drug-likeness (QED) is 0.427. The number of sulfonamides is 1. The van der Waals surface area contributed by atoms with Gasteiger partial charge in [0.15, 0.2) is 10.9 Å². The molecule has 0 saturated carbocycles. The van der Waals surface area contributed by atoms with Gasteiger partial charge >= 0.3 is 0 Å². The van der Waals surface area contributed by atoms with Gasteiger partial charge < -0.3 is 4.74 Å². The standard InChI is InChI=1S/C22H22ClF2N3O4S3/c23-18-3-4-19(34-18)35(30,31)27-7-5-13(6-8-27)21(29)28(12-15-2-1-9-32-15)22-26-20-16(25)10-14(24)11-17(20)33-22/h3-4,10-11,13,15H,1-2,5-9,12H2. The fourth-order valence-electron chi connectivity index (χ4n) is 4.44. The van der Waals surface area contributed by atoms with E-state index in [1.54, 1.807) is 6.07 Å². The summed E-state index contributed by atoms with van der Waals surface area (Å²) in [7, 11) is -3.67. The third-order valence-electron chi connectivity index (χ3n) is 6.25. The summed E-state index contributed by atoms with van der Waals surface area (Å²) in [5.74, 6) is -2.12. The number of fused-ring (bicyclic) bond motifs is 1. The second-order valence-corrected chi connectivity index (χ2v) is 13.4. The fourth-order valence-corrected chi connectivity index (χ4v) is 8.57. The molecule has 7 nitrogen and oxygen atoms in total. The molecule has 0 spiro atoms. The minimum absolute atomic E-state index is 0.0204. The minimum atomic E-state index is -3.67. The van der Waals surface area contributed by atoms with Gasteiger partial charge in [0, 0.05) is 31.7 Å². The number of benzene rings is 1. The number of carbonyl (C=O) groups is 1. The van der Waals surface area contributed by atoms with Gasteiger partial charge in [0.05, 0.1) is 21.7 Å². The predicted octanol–water partition coefficient (Wildman–Crippen LogP) is 4.90. The lowest BCUT2D eigenvalue weighted by molar-refractivity contribution is -0.123. The first-order valence-electron chi connectivity index (χ1n) is 11.2. The van der Waals surface area contributed by atoms with E-state index in [1.165, 1.54) is 21.3 Å². The highest BCUT2D eigenvalue weighted by atomic mass is 35.5. The van der Waals surface area contributed by atoms with Crippen LogP contribution in [0.4, 0.5) is 13.9 Å². The van der Waals surface area contributed by atoms with Crippen LogP contribution in [-0.4, -0.2) is 56.0 Å². The number of nitrogens with zero attached hydrogens (tertiary/aromatic N) is 3. The largest absolute Gasteiger partial charge is 0.376 e. The van der Waals surface area contributed by atoms with Crippen molar-refractivity contribution in [2.45, 2.75) is 36.0 Å². The molecule has 0 N–H and O–H groups in total. The predicted molar refractivity (Wildman–Crippen MR) is 132 cm³/mol. The Kier molecular flexibility index (Phi) is 7.12. The second-order valence-electron chi connectivity index (χ2n) is 8.55. The Morgan fingerprint density at radius 1 is 1.20 bits per heavy atom. The number of thiophene rings is 1. The van der Waals surface area contributed by atoms with E-state index in [-0.39, 0.29) is 46.5 Å². The Bertz CT molecular complexity index is 1350. The lowest BCUT2D eigenvalue weighted by atomic mass is 9.96. The molecule has 1 aromatic carbocycles. The van der Waals surface area contributed by atoms with Crippen LogP contribution in [0.2, 0.25) is 4.34 Å². The Hall–Kier alpha value is -1.70. The highest BCUT2D eigenvalue weighted by Gasteiger charge is 2.36. The molecule has 2 aliphatic rings.